The molecular weight excluding hydrogens is 234 g/mol. The number of rotatable bonds is 4. The van der Waals surface area contributed by atoms with Gasteiger partial charge in [0.25, 0.3) is 0 Å². The molecular formula is C14H14ClNO. The molecule has 0 spiro atoms. The third kappa shape index (κ3) is 3.21. The van der Waals surface area contributed by atoms with Crippen molar-refractivity contribution in [3.05, 3.63) is 53.2 Å². The van der Waals surface area contributed by atoms with Gasteiger partial charge >= 0.3 is 0 Å². The van der Waals surface area contributed by atoms with Crippen molar-refractivity contribution < 1.29 is 4.42 Å². The first-order chi connectivity index (χ1) is 8.31. The van der Waals surface area contributed by atoms with Crippen molar-refractivity contribution in [2.24, 2.45) is 0 Å². The summed E-state index contributed by atoms with van der Waals surface area (Å²) in [6.07, 6.45) is 6.45. The molecule has 1 aromatic carbocycles. The van der Waals surface area contributed by atoms with Crippen molar-refractivity contribution in [1.82, 2.24) is 4.98 Å². The maximum atomic E-state index is 5.64. The van der Waals surface area contributed by atoms with Gasteiger partial charge < -0.3 is 4.42 Å². The minimum absolute atomic E-state index is 0.378. The van der Waals surface area contributed by atoms with E-state index >= 15 is 0 Å². The standard InChI is InChI=1S/C14H14ClNO/c1-2-11-3-5-12(6-4-11)7-8-14-16-13(9-15)10-17-14/h3-8,10H,2,9H2,1H3. The van der Waals surface area contributed by atoms with Crippen molar-refractivity contribution in [3.63, 3.8) is 0 Å². The Balaban J connectivity index is 2.08. The van der Waals surface area contributed by atoms with E-state index in [1.165, 1.54) is 5.56 Å². The Kier molecular flexibility index (Phi) is 3.99. The summed E-state index contributed by atoms with van der Waals surface area (Å²) in [6, 6.07) is 8.42. The summed E-state index contributed by atoms with van der Waals surface area (Å²) in [5.41, 5.74) is 3.23. The van der Waals surface area contributed by atoms with Crippen LogP contribution < -0.4 is 0 Å². The maximum absolute atomic E-state index is 5.64. The number of hydrogen-bond acceptors (Lipinski definition) is 2. The van der Waals surface area contributed by atoms with Crippen LogP contribution in [0.3, 0.4) is 0 Å². The Morgan fingerprint density at radius 1 is 1.24 bits per heavy atom. The highest BCUT2D eigenvalue weighted by Gasteiger charge is 1.98. The normalized spacial score (nSPS) is 11.2. The second kappa shape index (κ2) is 5.69. The van der Waals surface area contributed by atoms with E-state index in [0.717, 1.165) is 17.7 Å². The predicted octanol–water partition coefficient (Wildman–Crippen LogP) is 4.15. The third-order valence-corrected chi connectivity index (χ3v) is 2.79. The molecule has 0 amide bonds. The first kappa shape index (κ1) is 11.9. The number of oxazole rings is 1. The van der Waals surface area contributed by atoms with Gasteiger partial charge in [0.1, 0.15) is 6.26 Å². The van der Waals surface area contributed by atoms with Crippen molar-refractivity contribution in [3.8, 4) is 0 Å². The highest BCUT2D eigenvalue weighted by Crippen LogP contribution is 2.11. The zero-order chi connectivity index (χ0) is 12.1. The largest absolute Gasteiger partial charge is 0.445 e. The van der Waals surface area contributed by atoms with Crippen LogP contribution in [0.5, 0.6) is 0 Å². The van der Waals surface area contributed by atoms with Crippen LogP contribution in [0.1, 0.15) is 29.6 Å². The fourth-order valence-electron chi connectivity index (χ4n) is 1.49. The van der Waals surface area contributed by atoms with Gasteiger partial charge in [0, 0.05) is 6.08 Å². The molecule has 2 rings (SSSR count). The number of aromatic nitrogens is 1. The highest BCUT2D eigenvalue weighted by molar-refractivity contribution is 6.16. The van der Waals surface area contributed by atoms with E-state index in [1.54, 1.807) is 6.26 Å². The first-order valence-corrected chi connectivity index (χ1v) is 6.12. The van der Waals surface area contributed by atoms with E-state index in [4.69, 9.17) is 16.0 Å². The topological polar surface area (TPSA) is 26.0 Å². The summed E-state index contributed by atoms with van der Waals surface area (Å²) in [6.45, 7) is 2.14. The zero-order valence-electron chi connectivity index (χ0n) is 9.69. The summed E-state index contributed by atoms with van der Waals surface area (Å²) in [5, 5.41) is 0. The van der Waals surface area contributed by atoms with Crippen LogP contribution in [0.2, 0.25) is 0 Å². The van der Waals surface area contributed by atoms with E-state index in [9.17, 15) is 0 Å². The molecule has 1 aromatic heterocycles. The lowest BCUT2D eigenvalue weighted by Crippen LogP contribution is -1.79. The van der Waals surface area contributed by atoms with Crippen molar-refractivity contribution >= 4 is 23.8 Å². The van der Waals surface area contributed by atoms with Gasteiger partial charge in [0.2, 0.25) is 5.89 Å². The van der Waals surface area contributed by atoms with Gasteiger partial charge in [-0.3, -0.25) is 0 Å². The number of aryl methyl sites for hydroxylation is 1. The van der Waals surface area contributed by atoms with Crippen LogP contribution in [0.15, 0.2) is 34.9 Å². The first-order valence-electron chi connectivity index (χ1n) is 5.59. The molecule has 1 heterocycles. The molecule has 0 aliphatic carbocycles. The second-order valence-corrected chi connectivity index (χ2v) is 4.01. The molecule has 0 atom stereocenters. The van der Waals surface area contributed by atoms with E-state index in [0.29, 0.717) is 11.8 Å². The molecule has 17 heavy (non-hydrogen) atoms. The van der Waals surface area contributed by atoms with Crippen LogP contribution in [0.4, 0.5) is 0 Å². The molecule has 0 bridgehead atoms. The lowest BCUT2D eigenvalue weighted by Gasteiger charge is -1.96. The summed E-state index contributed by atoms with van der Waals surface area (Å²) >= 11 is 5.64. The second-order valence-electron chi connectivity index (χ2n) is 3.74. The van der Waals surface area contributed by atoms with Gasteiger partial charge in [-0.2, -0.15) is 0 Å². The smallest absolute Gasteiger partial charge is 0.218 e. The summed E-state index contributed by atoms with van der Waals surface area (Å²) in [4.78, 5) is 4.19. The Morgan fingerprint density at radius 2 is 2.00 bits per heavy atom. The zero-order valence-corrected chi connectivity index (χ0v) is 10.4. The number of nitrogens with zero attached hydrogens (tertiary/aromatic N) is 1. The molecule has 0 saturated heterocycles. The maximum Gasteiger partial charge on any atom is 0.218 e. The molecule has 88 valence electrons. The van der Waals surface area contributed by atoms with E-state index in [-0.39, 0.29) is 0 Å². The lowest BCUT2D eigenvalue weighted by molar-refractivity contribution is 0.546. The van der Waals surface area contributed by atoms with Crippen LogP contribution >= 0.6 is 11.6 Å². The van der Waals surface area contributed by atoms with E-state index in [2.05, 4.69) is 36.2 Å². The number of alkyl halides is 1. The summed E-state index contributed by atoms with van der Waals surface area (Å²) < 4.78 is 5.24. The van der Waals surface area contributed by atoms with Crippen LogP contribution in [-0.2, 0) is 12.3 Å². The molecule has 0 fully saturated rings. The Labute approximate surface area is 106 Å². The SMILES string of the molecule is CCc1ccc(C=Cc2nc(CCl)co2)cc1. The van der Waals surface area contributed by atoms with Gasteiger partial charge in [-0.25, -0.2) is 4.98 Å². The van der Waals surface area contributed by atoms with Gasteiger partial charge in [0.05, 0.1) is 11.6 Å². The number of hydrogen-bond donors (Lipinski definition) is 0. The minimum atomic E-state index is 0.378. The van der Waals surface area contributed by atoms with E-state index < -0.39 is 0 Å². The quantitative estimate of drug-likeness (QED) is 0.759. The van der Waals surface area contributed by atoms with Gasteiger partial charge in [-0.15, -0.1) is 11.6 Å². The van der Waals surface area contributed by atoms with Gasteiger partial charge in [0.15, 0.2) is 0 Å². The molecule has 0 N–H and O–H groups in total. The molecule has 0 unspecified atom stereocenters. The Hall–Kier alpha value is -1.54. The molecule has 0 aliphatic rings. The van der Waals surface area contributed by atoms with Gasteiger partial charge in [-0.05, 0) is 23.6 Å². The fraction of sp³-hybridized carbons (Fsp3) is 0.214. The predicted molar refractivity (Wildman–Crippen MR) is 70.8 cm³/mol. The van der Waals surface area contributed by atoms with Crippen LogP contribution in [-0.4, -0.2) is 4.98 Å². The van der Waals surface area contributed by atoms with Gasteiger partial charge in [-0.1, -0.05) is 31.2 Å². The minimum Gasteiger partial charge on any atom is -0.445 e. The van der Waals surface area contributed by atoms with Crippen molar-refractivity contribution in [1.29, 1.82) is 0 Å². The lowest BCUT2D eigenvalue weighted by atomic mass is 10.1. The average Bonchev–Trinajstić information content (AvgIpc) is 2.85. The van der Waals surface area contributed by atoms with Crippen molar-refractivity contribution in [2.75, 3.05) is 0 Å². The Bertz CT molecular complexity index is 499. The molecule has 2 aromatic rings. The molecule has 0 radical (unpaired) electrons. The molecule has 0 saturated carbocycles. The summed E-state index contributed by atoms with van der Waals surface area (Å²) in [5.74, 6) is 0.961. The molecule has 2 nitrogen and oxygen atoms in total. The fourth-order valence-corrected chi connectivity index (χ4v) is 1.62. The molecule has 0 aliphatic heterocycles. The van der Waals surface area contributed by atoms with Crippen LogP contribution in [0, 0.1) is 0 Å². The molecule has 3 heteroatoms. The highest BCUT2D eigenvalue weighted by atomic mass is 35.5. The number of halogens is 1. The third-order valence-electron chi connectivity index (χ3n) is 2.51. The Morgan fingerprint density at radius 3 is 2.59 bits per heavy atom. The number of benzene rings is 1. The summed E-state index contributed by atoms with van der Waals surface area (Å²) in [7, 11) is 0. The van der Waals surface area contributed by atoms with Crippen molar-refractivity contribution in [2.45, 2.75) is 19.2 Å². The average molecular weight is 248 g/mol. The van der Waals surface area contributed by atoms with Crippen LogP contribution in [0.25, 0.3) is 12.2 Å². The van der Waals surface area contributed by atoms with E-state index in [1.807, 2.05) is 12.2 Å². The monoisotopic (exact) mass is 247 g/mol.